The van der Waals surface area contributed by atoms with Crippen molar-refractivity contribution in [1.29, 1.82) is 0 Å². The summed E-state index contributed by atoms with van der Waals surface area (Å²) in [6.45, 7) is 3.81. The van der Waals surface area contributed by atoms with Crippen molar-refractivity contribution < 1.29 is 0 Å². The van der Waals surface area contributed by atoms with Gasteiger partial charge in [-0.2, -0.15) is 0 Å². The first-order valence-electron chi connectivity index (χ1n) is 6.17. The maximum absolute atomic E-state index is 5.47. The lowest BCUT2D eigenvalue weighted by atomic mass is 9.99. The highest BCUT2D eigenvalue weighted by molar-refractivity contribution is 5.59. The van der Waals surface area contributed by atoms with E-state index in [1.165, 1.54) is 29.7 Å². The third-order valence-corrected chi connectivity index (χ3v) is 3.03. The second-order valence-electron chi connectivity index (χ2n) is 4.30. The molecule has 0 aliphatic carbocycles. The van der Waals surface area contributed by atoms with Gasteiger partial charge in [0.1, 0.15) is 0 Å². The summed E-state index contributed by atoms with van der Waals surface area (Å²) in [6.07, 6.45) is 3.50. The molecule has 1 aromatic carbocycles. The van der Waals surface area contributed by atoms with E-state index in [4.69, 9.17) is 5.73 Å². The zero-order valence-corrected chi connectivity index (χ0v) is 9.76. The van der Waals surface area contributed by atoms with Gasteiger partial charge in [-0.25, -0.2) is 0 Å². The molecule has 4 N–H and O–H groups in total. The molecule has 1 aliphatic rings. The van der Waals surface area contributed by atoms with E-state index >= 15 is 0 Å². The van der Waals surface area contributed by atoms with Crippen LogP contribution in [0.15, 0.2) is 18.2 Å². The number of hydrogen-bond acceptors (Lipinski definition) is 3. The topological polar surface area (TPSA) is 50.1 Å². The van der Waals surface area contributed by atoms with Gasteiger partial charge >= 0.3 is 0 Å². The number of aryl methyl sites for hydroxylation is 1. The monoisotopic (exact) mass is 219 g/mol. The molecule has 1 aromatic rings. The lowest BCUT2D eigenvalue weighted by Gasteiger charge is -2.21. The van der Waals surface area contributed by atoms with Gasteiger partial charge in [-0.1, -0.05) is 18.2 Å². The standard InChI is InChI=1S/C13H21N3/c14-7-3-8-15-10-12-5-1-4-11-6-2-9-16-13(11)12/h1,4-5,15-16H,2-3,6-10,14H2. The van der Waals surface area contributed by atoms with E-state index in [1.807, 2.05) is 0 Å². The molecule has 0 radical (unpaired) electrons. The van der Waals surface area contributed by atoms with Crippen LogP contribution in [0.5, 0.6) is 0 Å². The van der Waals surface area contributed by atoms with Gasteiger partial charge in [0.2, 0.25) is 0 Å². The minimum atomic E-state index is 0.762. The number of hydrogen-bond donors (Lipinski definition) is 3. The molecule has 3 heteroatoms. The van der Waals surface area contributed by atoms with Gasteiger partial charge in [0, 0.05) is 18.8 Å². The van der Waals surface area contributed by atoms with Gasteiger partial charge in [0.25, 0.3) is 0 Å². The first-order valence-corrected chi connectivity index (χ1v) is 6.17. The number of fused-ring (bicyclic) bond motifs is 1. The van der Waals surface area contributed by atoms with E-state index < -0.39 is 0 Å². The Morgan fingerprint density at radius 3 is 3.19 bits per heavy atom. The van der Waals surface area contributed by atoms with Gasteiger partial charge < -0.3 is 16.4 Å². The van der Waals surface area contributed by atoms with E-state index in [0.717, 1.165) is 32.6 Å². The number of rotatable bonds is 5. The van der Waals surface area contributed by atoms with Crippen LogP contribution < -0.4 is 16.4 Å². The summed E-state index contributed by atoms with van der Waals surface area (Å²) < 4.78 is 0. The minimum Gasteiger partial charge on any atom is -0.385 e. The van der Waals surface area contributed by atoms with Crippen LogP contribution >= 0.6 is 0 Å². The van der Waals surface area contributed by atoms with Crippen molar-refractivity contribution in [1.82, 2.24) is 5.32 Å². The van der Waals surface area contributed by atoms with Crippen LogP contribution in [0.25, 0.3) is 0 Å². The second-order valence-corrected chi connectivity index (χ2v) is 4.30. The molecule has 0 bridgehead atoms. The molecule has 0 saturated carbocycles. The molecule has 1 aliphatic heterocycles. The van der Waals surface area contributed by atoms with Crippen molar-refractivity contribution in [3.8, 4) is 0 Å². The summed E-state index contributed by atoms with van der Waals surface area (Å²) >= 11 is 0. The summed E-state index contributed by atoms with van der Waals surface area (Å²) in [5.41, 5.74) is 9.67. The van der Waals surface area contributed by atoms with Crippen molar-refractivity contribution in [2.45, 2.75) is 25.8 Å². The SMILES string of the molecule is NCCCNCc1cccc2c1NCCC2. The summed E-state index contributed by atoms with van der Waals surface area (Å²) in [5.74, 6) is 0. The number of nitrogens with two attached hydrogens (primary N) is 1. The molecule has 3 nitrogen and oxygen atoms in total. The van der Waals surface area contributed by atoms with Crippen molar-refractivity contribution in [2.75, 3.05) is 25.0 Å². The molecule has 0 saturated heterocycles. The molecule has 0 unspecified atom stereocenters. The Labute approximate surface area is 97.4 Å². The Kier molecular flexibility index (Phi) is 4.19. The van der Waals surface area contributed by atoms with Crippen LogP contribution in [-0.4, -0.2) is 19.6 Å². The number of anilines is 1. The molecular formula is C13H21N3. The number of para-hydroxylation sites is 1. The smallest absolute Gasteiger partial charge is 0.0418 e. The molecule has 0 aromatic heterocycles. The average molecular weight is 219 g/mol. The second kappa shape index (κ2) is 5.87. The molecule has 16 heavy (non-hydrogen) atoms. The highest BCUT2D eigenvalue weighted by atomic mass is 14.9. The van der Waals surface area contributed by atoms with Crippen LogP contribution in [0.1, 0.15) is 24.0 Å². The van der Waals surface area contributed by atoms with E-state index in [9.17, 15) is 0 Å². The predicted octanol–water partition coefficient (Wildman–Crippen LogP) is 1.48. The maximum Gasteiger partial charge on any atom is 0.0418 e. The van der Waals surface area contributed by atoms with E-state index in [2.05, 4.69) is 28.8 Å². The zero-order chi connectivity index (χ0) is 11.2. The quantitative estimate of drug-likeness (QED) is 0.658. The lowest BCUT2D eigenvalue weighted by molar-refractivity contribution is 0.654. The fraction of sp³-hybridized carbons (Fsp3) is 0.538. The highest BCUT2D eigenvalue weighted by Crippen LogP contribution is 2.25. The Balaban J connectivity index is 1.97. The first-order chi connectivity index (χ1) is 7.92. The average Bonchev–Trinajstić information content (AvgIpc) is 2.35. The predicted molar refractivity (Wildman–Crippen MR) is 68.6 cm³/mol. The third kappa shape index (κ3) is 2.74. The third-order valence-electron chi connectivity index (χ3n) is 3.03. The first kappa shape index (κ1) is 11.4. The number of nitrogens with one attached hydrogen (secondary N) is 2. The summed E-state index contributed by atoms with van der Waals surface area (Å²) in [6, 6.07) is 6.59. The van der Waals surface area contributed by atoms with Crippen LogP contribution in [0.4, 0.5) is 5.69 Å². The van der Waals surface area contributed by atoms with Crippen LogP contribution in [0.2, 0.25) is 0 Å². The van der Waals surface area contributed by atoms with Gasteiger partial charge in [-0.15, -0.1) is 0 Å². The molecule has 2 rings (SSSR count). The van der Waals surface area contributed by atoms with Crippen molar-refractivity contribution >= 4 is 5.69 Å². The minimum absolute atomic E-state index is 0.762. The van der Waals surface area contributed by atoms with Crippen LogP contribution in [-0.2, 0) is 13.0 Å². The zero-order valence-electron chi connectivity index (χ0n) is 9.76. The highest BCUT2D eigenvalue weighted by Gasteiger charge is 2.11. The molecule has 88 valence electrons. The molecule has 0 amide bonds. The van der Waals surface area contributed by atoms with Crippen molar-refractivity contribution in [3.63, 3.8) is 0 Å². The fourth-order valence-corrected chi connectivity index (χ4v) is 2.18. The molecule has 0 fully saturated rings. The fourth-order valence-electron chi connectivity index (χ4n) is 2.18. The van der Waals surface area contributed by atoms with Crippen molar-refractivity contribution in [3.05, 3.63) is 29.3 Å². The van der Waals surface area contributed by atoms with Gasteiger partial charge in [-0.3, -0.25) is 0 Å². The van der Waals surface area contributed by atoms with Crippen LogP contribution in [0.3, 0.4) is 0 Å². The van der Waals surface area contributed by atoms with E-state index in [-0.39, 0.29) is 0 Å². The molecular weight excluding hydrogens is 198 g/mol. The Morgan fingerprint density at radius 1 is 1.38 bits per heavy atom. The normalized spacial score (nSPS) is 14.3. The van der Waals surface area contributed by atoms with Crippen LogP contribution in [0, 0.1) is 0 Å². The number of benzene rings is 1. The lowest BCUT2D eigenvalue weighted by Crippen LogP contribution is -2.20. The maximum atomic E-state index is 5.47. The molecule has 1 heterocycles. The van der Waals surface area contributed by atoms with E-state index in [0.29, 0.717) is 0 Å². The Morgan fingerprint density at radius 2 is 2.31 bits per heavy atom. The Hall–Kier alpha value is -1.06. The van der Waals surface area contributed by atoms with E-state index in [1.54, 1.807) is 0 Å². The molecule has 0 atom stereocenters. The largest absolute Gasteiger partial charge is 0.385 e. The van der Waals surface area contributed by atoms with Gasteiger partial charge in [0.05, 0.1) is 0 Å². The van der Waals surface area contributed by atoms with Gasteiger partial charge in [0.15, 0.2) is 0 Å². The van der Waals surface area contributed by atoms with Gasteiger partial charge in [-0.05, 0) is 43.5 Å². The van der Waals surface area contributed by atoms with Crippen molar-refractivity contribution in [2.24, 2.45) is 5.73 Å². The summed E-state index contributed by atoms with van der Waals surface area (Å²) in [4.78, 5) is 0. The summed E-state index contributed by atoms with van der Waals surface area (Å²) in [7, 11) is 0. The summed E-state index contributed by atoms with van der Waals surface area (Å²) in [5, 5.41) is 6.94. The molecule has 0 spiro atoms. The Bertz CT molecular complexity index is 336.